The van der Waals surface area contributed by atoms with Crippen LogP contribution in [0.2, 0.25) is 0 Å². The Morgan fingerprint density at radius 3 is 2.68 bits per heavy atom. The fraction of sp³-hybridized carbons (Fsp3) is 0.200. The molecule has 1 N–H and O–H groups in total. The number of pyridine rings is 1. The summed E-state index contributed by atoms with van der Waals surface area (Å²) in [4.78, 5) is 16.2. The van der Waals surface area contributed by atoms with Gasteiger partial charge in [0.15, 0.2) is 11.6 Å². The van der Waals surface area contributed by atoms with Crippen molar-refractivity contribution >= 4 is 16.8 Å². The first-order valence-electron chi connectivity index (χ1n) is 7.96. The highest BCUT2D eigenvalue weighted by Crippen LogP contribution is 2.28. The molecule has 0 aliphatic rings. The summed E-state index contributed by atoms with van der Waals surface area (Å²) >= 11 is 0. The van der Waals surface area contributed by atoms with Crippen LogP contribution in [0, 0.1) is 12.7 Å². The summed E-state index contributed by atoms with van der Waals surface area (Å²) in [6.07, 6.45) is 0.300. The highest BCUT2D eigenvalue weighted by atomic mass is 19.1. The minimum atomic E-state index is -0.423. The molecular weight excluding hydrogens is 319 g/mol. The van der Waals surface area contributed by atoms with Gasteiger partial charge in [0, 0.05) is 18.0 Å². The van der Waals surface area contributed by atoms with Gasteiger partial charge in [-0.2, -0.15) is 0 Å². The van der Waals surface area contributed by atoms with E-state index in [0.717, 1.165) is 22.0 Å². The molecule has 0 aliphatic carbocycles. The maximum absolute atomic E-state index is 14.0. The Balaban J connectivity index is 2.07. The molecule has 25 heavy (non-hydrogen) atoms. The largest absolute Gasteiger partial charge is 0.494 e. The number of ether oxygens (including phenoxy) is 1. The highest BCUT2D eigenvalue weighted by molar-refractivity contribution is 5.87. The van der Waals surface area contributed by atoms with E-state index in [2.05, 4.69) is 10.3 Å². The third kappa shape index (κ3) is 3.45. The van der Waals surface area contributed by atoms with Gasteiger partial charge in [-0.25, -0.2) is 9.37 Å². The van der Waals surface area contributed by atoms with Gasteiger partial charge in [-0.05, 0) is 48.4 Å². The number of nitrogens with zero attached hydrogens (tertiary/aromatic N) is 1. The van der Waals surface area contributed by atoms with Gasteiger partial charge in [-0.1, -0.05) is 12.1 Å². The van der Waals surface area contributed by atoms with Crippen LogP contribution in [0.4, 0.5) is 4.39 Å². The molecule has 4 nitrogen and oxygen atoms in total. The van der Waals surface area contributed by atoms with Crippen LogP contribution in [-0.4, -0.2) is 25.0 Å². The molecule has 0 saturated carbocycles. The predicted molar refractivity (Wildman–Crippen MR) is 96.2 cm³/mol. The predicted octanol–water partition coefficient (Wildman–Crippen LogP) is 3.65. The normalized spacial score (nSPS) is 10.7. The van der Waals surface area contributed by atoms with E-state index in [4.69, 9.17) is 4.74 Å². The van der Waals surface area contributed by atoms with Gasteiger partial charge in [0.2, 0.25) is 5.91 Å². The van der Waals surface area contributed by atoms with Crippen LogP contribution in [-0.2, 0) is 11.2 Å². The van der Waals surface area contributed by atoms with Crippen molar-refractivity contribution < 1.29 is 13.9 Å². The highest BCUT2D eigenvalue weighted by Gasteiger charge is 2.10. The van der Waals surface area contributed by atoms with Gasteiger partial charge in [-0.3, -0.25) is 4.79 Å². The number of hydrogen-bond donors (Lipinski definition) is 1. The molecule has 128 valence electrons. The van der Waals surface area contributed by atoms with E-state index in [0.29, 0.717) is 17.7 Å². The van der Waals surface area contributed by atoms with Crippen molar-refractivity contribution in [1.82, 2.24) is 10.3 Å². The van der Waals surface area contributed by atoms with Gasteiger partial charge < -0.3 is 10.1 Å². The molecule has 5 heteroatoms. The van der Waals surface area contributed by atoms with Crippen LogP contribution < -0.4 is 10.1 Å². The number of benzene rings is 2. The number of carbonyl (C=O) groups excluding carboxylic acids is 1. The molecule has 1 aromatic heterocycles. The van der Waals surface area contributed by atoms with Crippen molar-refractivity contribution in [1.29, 1.82) is 0 Å². The van der Waals surface area contributed by atoms with Crippen molar-refractivity contribution in [3.05, 3.63) is 59.4 Å². The molecule has 0 bridgehead atoms. The Hall–Kier alpha value is -2.95. The van der Waals surface area contributed by atoms with Crippen LogP contribution in [0.1, 0.15) is 11.1 Å². The van der Waals surface area contributed by atoms with Crippen molar-refractivity contribution in [2.45, 2.75) is 13.3 Å². The molecule has 0 saturated heterocycles. The lowest BCUT2D eigenvalue weighted by Crippen LogP contribution is -2.19. The van der Waals surface area contributed by atoms with Crippen molar-refractivity contribution in [2.75, 3.05) is 14.2 Å². The maximum Gasteiger partial charge on any atom is 0.224 e. The van der Waals surface area contributed by atoms with E-state index in [-0.39, 0.29) is 11.7 Å². The molecule has 0 unspecified atom stereocenters. The second-order valence-electron chi connectivity index (χ2n) is 5.88. The Bertz CT molecular complexity index is 954. The number of methoxy groups -OCH3 is 1. The van der Waals surface area contributed by atoms with E-state index < -0.39 is 5.82 Å². The Kier molecular flexibility index (Phi) is 4.65. The Morgan fingerprint density at radius 2 is 2.00 bits per heavy atom. The quantitative estimate of drug-likeness (QED) is 0.790. The molecule has 0 spiro atoms. The summed E-state index contributed by atoms with van der Waals surface area (Å²) < 4.78 is 19.0. The minimum Gasteiger partial charge on any atom is -0.494 e. The number of hydrogen-bond acceptors (Lipinski definition) is 3. The molecule has 3 rings (SSSR count). The lowest BCUT2D eigenvalue weighted by atomic mass is 10.0. The van der Waals surface area contributed by atoms with E-state index in [9.17, 15) is 9.18 Å². The zero-order valence-electron chi connectivity index (χ0n) is 14.4. The van der Waals surface area contributed by atoms with E-state index >= 15 is 0 Å². The zero-order chi connectivity index (χ0) is 18.0. The molecular formula is C20H19FN2O2. The van der Waals surface area contributed by atoms with Crippen LogP contribution in [0.5, 0.6) is 5.75 Å². The number of likely N-dealkylation sites (N-methyl/N-ethyl adjacent to an activating group) is 1. The average molecular weight is 338 g/mol. The van der Waals surface area contributed by atoms with Gasteiger partial charge in [-0.15, -0.1) is 0 Å². The van der Waals surface area contributed by atoms with E-state index in [1.54, 1.807) is 19.2 Å². The first kappa shape index (κ1) is 16.9. The minimum absolute atomic E-state index is 0.0514. The van der Waals surface area contributed by atoms with Crippen LogP contribution in [0.15, 0.2) is 42.5 Å². The summed E-state index contributed by atoms with van der Waals surface area (Å²) in [6, 6.07) is 12.5. The monoisotopic (exact) mass is 338 g/mol. The number of amides is 1. The molecule has 0 fully saturated rings. The van der Waals surface area contributed by atoms with E-state index in [1.807, 2.05) is 31.2 Å². The second kappa shape index (κ2) is 6.89. The summed E-state index contributed by atoms with van der Waals surface area (Å²) in [5.74, 6) is -0.272. The molecule has 3 aromatic rings. The smallest absolute Gasteiger partial charge is 0.224 e. The number of fused-ring (bicyclic) bond motifs is 1. The molecule has 0 atom stereocenters. The first-order chi connectivity index (χ1) is 12.0. The molecule has 2 aromatic carbocycles. The molecule has 1 amide bonds. The van der Waals surface area contributed by atoms with Gasteiger partial charge in [0.1, 0.15) is 0 Å². The van der Waals surface area contributed by atoms with Crippen LogP contribution >= 0.6 is 0 Å². The summed E-state index contributed by atoms with van der Waals surface area (Å²) in [5, 5.41) is 3.63. The van der Waals surface area contributed by atoms with Crippen molar-refractivity contribution in [3.8, 4) is 17.0 Å². The third-order valence-corrected chi connectivity index (χ3v) is 4.17. The maximum atomic E-state index is 14.0. The topological polar surface area (TPSA) is 51.2 Å². The van der Waals surface area contributed by atoms with Crippen LogP contribution in [0.3, 0.4) is 0 Å². The molecule has 0 radical (unpaired) electrons. The summed E-state index contributed by atoms with van der Waals surface area (Å²) in [7, 11) is 3.05. The molecule has 1 heterocycles. The SMILES string of the molecule is CNC(=O)Cc1ccc2c(C)cc(-c3ccc(OC)c(F)c3)nc2c1. The van der Waals surface area contributed by atoms with Gasteiger partial charge >= 0.3 is 0 Å². The van der Waals surface area contributed by atoms with Crippen molar-refractivity contribution in [2.24, 2.45) is 0 Å². The lowest BCUT2D eigenvalue weighted by molar-refractivity contribution is -0.119. The van der Waals surface area contributed by atoms with E-state index in [1.165, 1.54) is 13.2 Å². The van der Waals surface area contributed by atoms with Gasteiger partial charge in [0.25, 0.3) is 0 Å². The third-order valence-electron chi connectivity index (χ3n) is 4.17. The number of aromatic nitrogens is 1. The van der Waals surface area contributed by atoms with Crippen LogP contribution in [0.25, 0.3) is 22.2 Å². The Morgan fingerprint density at radius 1 is 1.20 bits per heavy atom. The fourth-order valence-electron chi connectivity index (χ4n) is 2.81. The number of aryl methyl sites for hydroxylation is 1. The zero-order valence-corrected chi connectivity index (χ0v) is 14.4. The lowest BCUT2D eigenvalue weighted by Gasteiger charge is -2.10. The standard InChI is InChI=1S/C20H19FN2O2/c1-12-8-17(14-5-7-19(25-3)16(21)11-14)23-18-9-13(4-6-15(12)18)10-20(24)22-2/h4-9,11H,10H2,1-3H3,(H,22,24). The number of carbonyl (C=O) groups is 1. The summed E-state index contributed by atoms with van der Waals surface area (Å²) in [5.41, 5.74) is 4.08. The van der Waals surface area contributed by atoms with Gasteiger partial charge in [0.05, 0.1) is 24.7 Å². The second-order valence-corrected chi connectivity index (χ2v) is 5.88. The first-order valence-corrected chi connectivity index (χ1v) is 7.96. The molecule has 0 aliphatic heterocycles. The number of halogens is 1. The summed E-state index contributed by atoms with van der Waals surface area (Å²) in [6.45, 7) is 1.99. The number of rotatable bonds is 4. The van der Waals surface area contributed by atoms with Crippen molar-refractivity contribution in [3.63, 3.8) is 0 Å². The number of nitrogens with one attached hydrogen (secondary N) is 1. The Labute approximate surface area is 145 Å². The fourth-order valence-corrected chi connectivity index (χ4v) is 2.81. The average Bonchev–Trinajstić information content (AvgIpc) is 2.61.